The van der Waals surface area contributed by atoms with Crippen LogP contribution >= 0.6 is 0 Å². The molecule has 1 spiro atoms. The van der Waals surface area contributed by atoms with Crippen LogP contribution in [-0.2, 0) is 13.5 Å². The quantitative estimate of drug-likeness (QED) is 0.454. The zero-order valence-corrected chi connectivity index (χ0v) is 23.2. The summed E-state index contributed by atoms with van der Waals surface area (Å²) in [6, 6.07) is 9.49. The molecule has 1 aromatic heterocycles. The smallest absolute Gasteiger partial charge is 0.265 e. The molecule has 3 aromatic rings. The van der Waals surface area contributed by atoms with Gasteiger partial charge in [0.1, 0.15) is 5.75 Å². The Morgan fingerprint density at radius 1 is 0.949 bits per heavy atom. The number of aromatic nitrogens is 1. The Hall–Kier alpha value is -3.13. The molecule has 0 amide bonds. The molecule has 8 heteroatoms. The van der Waals surface area contributed by atoms with Crippen LogP contribution in [-0.4, -0.2) is 44.4 Å². The third-order valence-corrected chi connectivity index (χ3v) is 9.41. The highest BCUT2D eigenvalue weighted by atomic mass is 19.3. The van der Waals surface area contributed by atoms with Gasteiger partial charge in [0.05, 0.1) is 18.3 Å². The Labute approximate surface area is 228 Å². The van der Waals surface area contributed by atoms with Crippen molar-refractivity contribution in [2.45, 2.75) is 51.9 Å². The molecule has 2 aromatic carbocycles. The van der Waals surface area contributed by atoms with Gasteiger partial charge in [-0.25, -0.2) is 8.78 Å². The molecule has 2 saturated heterocycles. The van der Waals surface area contributed by atoms with Gasteiger partial charge in [0.2, 0.25) is 0 Å². The van der Waals surface area contributed by atoms with E-state index >= 15 is 0 Å². The fraction of sp³-hybridized carbons (Fsp3) is 0.516. The van der Waals surface area contributed by atoms with E-state index in [9.17, 15) is 13.6 Å². The van der Waals surface area contributed by atoms with Crippen LogP contribution in [0.15, 0.2) is 35.1 Å². The number of rotatable bonds is 4. The van der Waals surface area contributed by atoms with Crippen LogP contribution in [0.5, 0.6) is 5.75 Å². The normalized spacial score (nSPS) is 19.1. The second-order valence-corrected chi connectivity index (χ2v) is 11.6. The highest BCUT2D eigenvalue weighted by molar-refractivity contribution is 5.96. The maximum absolute atomic E-state index is 14.6. The van der Waals surface area contributed by atoms with Crippen molar-refractivity contribution in [3.8, 4) is 5.75 Å². The largest absolute Gasteiger partial charge is 0.497 e. The van der Waals surface area contributed by atoms with Crippen LogP contribution in [0.1, 0.15) is 55.2 Å². The van der Waals surface area contributed by atoms with Crippen molar-refractivity contribution in [2.75, 3.05) is 49.6 Å². The highest BCUT2D eigenvalue weighted by Gasteiger charge is 2.37. The maximum Gasteiger partial charge on any atom is 0.265 e. The van der Waals surface area contributed by atoms with Crippen molar-refractivity contribution in [3.05, 3.63) is 57.4 Å². The van der Waals surface area contributed by atoms with Gasteiger partial charge in [-0.2, -0.15) is 0 Å². The highest BCUT2D eigenvalue weighted by Crippen LogP contribution is 2.46. The van der Waals surface area contributed by atoms with Crippen molar-refractivity contribution >= 4 is 28.0 Å². The molecule has 2 fully saturated rings. The number of anilines is 3. The van der Waals surface area contributed by atoms with Gasteiger partial charge in [0, 0.05) is 66.7 Å². The maximum atomic E-state index is 14.6. The van der Waals surface area contributed by atoms with Crippen LogP contribution in [0.3, 0.4) is 0 Å². The van der Waals surface area contributed by atoms with E-state index in [2.05, 4.69) is 15.1 Å². The lowest BCUT2D eigenvalue weighted by molar-refractivity contribution is 0.147. The van der Waals surface area contributed by atoms with Crippen LogP contribution in [0, 0.1) is 12.3 Å². The zero-order chi connectivity index (χ0) is 27.3. The number of pyridine rings is 1. The topological polar surface area (TPSA) is 49.7 Å². The molecule has 0 saturated carbocycles. The molecule has 6 nitrogen and oxygen atoms in total. The van der Waals surface area contributed by atoms with Gasteiger partial charge in [-0.3, -0.25) is 4.79 Å². The number of aryl methyl sites for hydroxylation is 3. The predicted octanol–water partition coefficient (Wildman–Crippen LogP) is 5.85. The van der Waals surface area contributed by atoms with Gasteiger partial charge in [0.15, 0.2) is 0 Å². The van der Waals surface area contributed by atoms with E-state index in [1.165, 1.54) is 12.8 Å². The summed E-state index contributed by atoms with van der Waals surface area (Å²) >= 11 is 0. The van der Waals surface area contributed by atoms with E-state index in [4.69, 9.17) is 4.74 Å². The minimum Gasteiger partial charge on any atom is -0.497 e. The second kappa shape index (κ2) is 10.1. The van der Waals surface area contributed by atoms with E-state index < -0.39 is 6.43 Å². The van der Waals surface area contributed by atoms with Crippen molar-refractivity contribution in [3.63, 3.8) is 0 Å². The molecule has 3 aliphatic rings. The summed E-state index contributed by atoms with van der Waals surface area (Å²) in [5.41, 5.74) is 5.32. The van der Waals surface area contributed by atoms with Crippen molar-refractivity contribution in [2.24, 2.45) is 12.5 Å². The van der Waals surface area contributed by atoms with Gasteiger partial charge in [-0.15, -0.1) is 0 Å². The number of nitrogens with one attached hydrogen (secondary N) is 1. The molecule has 0 radical (unpaired) electrons. The SMILES string of the molecule is COc1cc(N2CCCc3cc(N4CCC5(CCNCC5)CC4)c(C(F)F)cc32)c2cc(C)c(=O)n(C)c2c1. The number of ether oxygens (including phenoxy) is 1. The molecule has 0 aliphatic carbocycles. The number of hydrogen-bond acceptors (Lipinski definition) is 5. The van der Waals surface area contributed by atoms with Gasteiger partial charge < -0.3 is 24.4 Å². The van der Waals surface area contributed by atoms with E-state index in [0.29, 0.717) is 29.0 Å². The van der Waals surface area contributed by atoms with Crippen molar-refractivity contribution in [1.29, 1.82) is 0 Å². The van der Waals surface area contributed by atoms with Gasteiger partial charge in [-0.1, -0.05) is 0 Å². The van der Waals surface area contributed by atoms with E-state index in [1.807, 2.05) is 31.2 Å². The first kappa shape index (κ1) is 26.1. The summed E-state index contributed by atoms with van der Waals surface area (Å²) in [5, 5.41) is 4.37. The number of nitrogens with zero attached hydrogens (tertiary/aromatic N) is 3. The van der Waals surface area contributed by atoms with Crippen molar-refractivity contribution in [1.82, 2.24) is 9.88 Å². The molecule has 4 heterocycles. The lowest BCUT2D eigenvalue weighted by Gasteiger charge is -2.45. The van der Waals surface area contributed by atoms with Crippen LogP contribution in [0.4, 0.5) is 25.8 Å². The number of methoxy groups -OCH3 is 1. The average Bonchev–Trinajstić information content (AvgIpc) is 2.95. The van der Waals surface area contributed by atoms with E-state index in [0.717, 1.165) is 79.7 Å². The Morgan fingerprint density at radius 3 is 2.38 bits per heavy atom. The van der Waals surface area contributed by atoms with Crippen molar-refractivity contribution < 1.29 is 13.5 Å². The number of hydrogen-bond donors (Lipinski definition) is 1. The lowest BCUT2D eigenvalue weighted by atomic mass is 9.71. The molecular formula is C31H38F2N4O2. The number of halogens is 2. The number of benzene rings is 2. The van der Waals surface area contributed by atoms with Crippen LogP contribution in [0.25, 0.3) is 10.9 Å². The minimum absolute atomic E-state index is 0.0572. The average molecular weight is 537 g/mol. The molecule has 0 atom stereocenters. The summed E-state index contributed by atoms with van der Waals surface area (Å²) in [6.07, 6.45) is 3.70. The first-order valence-corrected chi connectivity index (χ1v) is 14.2. The molecule has 1 N–H and O–H groups in total. The van der Waals surface area contributed by atoms with Gasteiger partial charge in [0.25, 0.3) is 12.0 Å². The third-order valence-electron chi connectivity index (χ3n) is 9.41. The van der Waals surface area contributed by atoms with E-state index in [1.54, 1.807) is 24.8 Å². The first-order valence-electron chi connectivity index (χ1n) is 14.2. The summed E-state index contributed by atoms with van der Waals surface area (Å²) in [5.74, 6) is 0.634. The minimum atomic E-state index is -2.56. The monoisotopic (exact) mass is 536 g/mol. The number of alkyl halides is 2. The molecule has 208 valence electrons. The molecule has 39 heavy (non-hydrogen) atoms. The molecule has 3 aliphatic heterocycles. The Kier molecular flexibility index (Phi) is 6.78. The fourth-order valence-corrected chi connectivity index (χ4v) is 7.03. The molecular weight excluding hydrogens is 498 g/mol. The Balaban J connectivity index is 1.42. The number of fused-ring (bicyclic) bond motifs is 2. The zero-order valence-electron chi connectivity index (χ0n) is 23.2. The van der Waals surface area contributed by atoms with E-state index in [-0.39, 0.29) is 11.1 Å². The van der Waals surface area contributed by atoms with Gasteiger partial charge >= 0.3 is 0 Å². The predicted molar refractivity (Wildman–Crippen MR) is 153 cm³/mol. The summed E-state index contributed by atoms with van der Waals surface area (Å²) < 4.78 is 36.5. The summed E-state index contributed by atoms with van der Waals surface area (Å²) in [7, 11) is 3.37. The van der Waals surface area contributed by atoms with Gasteiger partial charge in [-0.05, 0) is 87.7 Å². The standard InChI is InChI=1S/C31H38F2N4O2/c1-20-15-23-26(35(2)30(20)38)17-22(39-3)18-28(23)37-12-4-5-21-16-27(24(29(32)33)19-25(21)37)36-13-8-31(9-14-36)6-10-34-11-7-31/h15-19,29,34H,4-14H2,1-3H3. The summed E-state index contributed by atoms with van der Waals surface area (Å²) in [4.78, 5) is 17.0. The Morgan fingerprint density at radius 2 is 1.69 bits per heavy atom. The third kappa shape index (κ3) is 4.56. The lowest BCUT2D eigenvalue weighted by Crippen LogP contribution is -2.45. The van der Waals surface area contributed by atoms with Crippen LogP contribution < -0.4 is 25.4 Å². The molecule has 6 rings (SSSR count). The first-order chi connectivity index (χ1) is 18.8. The van der Waals surface area contributed by atoms with Crippen LogP contribution in [0.2, 0.25) is 0 Å². The fourth-order valence-electron chi connectivity index (χ4n) is 7.03. The second-order valence-electron chi connectivity index (χ2n) is 11.6. The summed E-state index contributed by atoms with van der Waals surface area (Å²) in [6.45, 7) is 6.30. The Bertz CT molecular complexity index is 1450. The molecule has 0 unspecified atom stereocenters. The number of piperidine rings is 2. The molecule has 0 bridgehead atoms.